The molecule has 0 atom stereocenters. The van der Waals surface area contributed by atoms with E-state index in [-0.39, 0.29) is 18.1 Å². The lowest BCUT2D eigenvalue weighted by Gasteiger charge is -2.17. The molecule has 1 N–H and O–H groups in total. The summed E-state index contributed by atoms with van der Waals surface area (Å²) in [5, 5.41) is 0.572. The van der Waals surface area contributed by atoms with E-state index in [0.717, 1.165) is 11.1 Å². The second-order valence-corrected chi connectivity index (χ2v) is 6.40. The van der Waals surface area contributed by atoms with Crippen LogP contribution in [0, 0.1) is 6.92 Å². The Kier molecular flexibility index (Phi) is 5.35. The summed E-state index contributed by atoms with van der Waals surface area (Å²) in [4.78, 5) is 40.5. The molecule has 3 aromatic rings. The van der Waals surface area contributed by atoms with Crippen LogP contribution < -0.4 is 5.56 Å². The van der Waals surface area contributed by atoms with Gasteiger partial charge < -0.3 is 14.6 Å². The fourth-order valence-corrected chi connectivity index (χ4v) is 2.74. The third-order valence-electron chi connectivity index (χ3n) is 4.26. The Morgan fingerprint density at radius 3 is 2.52 bits per heavy atom. The van der Waals surface area contributed by atoms with Crippen molar-refractivity contribution in [2.24, 2.45) is 0 Å². The monoisotopic (exact) mass is 364 g/mol. The minimum absolute atomic E-state index is 0.142. The molecule has 1 amide bonds. The molecule has 0 aliphatic rings. The average molecular weight is 364 g/mol. The molecule has 1 aromatic heterocycles. The number of fused-ring (bicyclic) bond motifs is 1. The van der Waals surface area contributed by atoms with Gasteiger partial charge in [0.25, 0.3) is 5.91 Å². The molecule has 0 fully saturated rings. The molecular formula is C21H20N2O4. The van der Waals surface area contributed by atoms with Gasteiger partial charge >= 0.3 is 5.97 Å². The maximum atomic E-state index is 12.4. The molecule has 27 heavy (non-hydrogen) atoms. The van der Waals surface area contributed by atoms with Gasteiger partial charge in [0.1, 0.15) is 0 Å². The lowest BCUT2D eigenvalue weighted by molar-refractivity contribution is -0.133. The highest BCUT2D eigenvalue weighted by Crippen LogP contribution is 2.15. The maximum absolute atomic E-state index is 12.4. The van der Waals surface area contributed by atoms with E-state index in [1.165, 1.54) is 11.0 Å². The maximum Gasteiger partial charge on any atom is 0.339 e. The van der Waals surface area contributed by atoms with Crippen molar-refractivity contribution in [3.05, 3.63) is 81.6 Å². The number of hydrogen-bond donors (Lipinski definition) is 1. The van der Waals surface area contributed by atoms with Crippen molar-refractivity contribution in [1.82, 2.24) is 9.88 Å². The van der Waals surface area contributed by atoms with Gasteiger partial charge in [-0.2, -0.15) is 0 Å². The van der Waals surface area contributed by atoms with Crippen LogP contribution in [0.2, 0.25) is 0 Å². The van der Waals surface area contributed by atoms with Gasteiger partial charge in [-0.1, -0.05) is 48.0 Å². The molecule has 0 aliphatic heterocycles. The Hall–Kier alpha value is -3.41. The minimum atomic E-state index is -0.700. The molecule has 0 bridgehead atoms. The summed E-state index contributed by atoms with van der Waals surface area (Å²) in [6, 6.07) is 16.0. The van der Waals surface area contributed by atoms with Crippen molar-refractivity contribution in [3.8, 4) is 0 Å². The summed E-state index contributed by atoms with van der Waals surface area (Å²) >= 11 is 0. The van der Waals surface area contributed by atoms with Crippen LogP contribution in [-0.4, -0.2) is 35.4 Å². The molecular weight excluding hydrogens is 344 g/mol. The zero-order valence-corrected chi connectivity index (χ0v) is 15.2. The van der Waals surface area contributed by atoms with Crippen molar-refractivity contribution < 1.29 is 14.3 Å². The molecule has 3 rings (SSSR count). The predicted molar refractivity (Wildman–Crippen MR) is 103 cm³/mol. The minimum Gasteiger partial charge on any atom is -0.452 e. The number of carbonyl (C=O) groups is 2. The van der Waals surface area contributed by atoms with Crippen LogP contribution in [0.25, 0.3) is 10.9 Å². The summed E-state index contributed by atoms with van der Waals surface area (Å²) < 4.78 is 5.15. The van der Waals surface area contributed by atoms with Crippen molar-refractivity contribution >= 4 is 22.8 Å². The number of H-pyrrole nitrogens is 1. The number of carbonyl (C=O) groups excluding carboxylic acids is 2. The van der Waals surface area contributed by atoms with Crippen LogP contribution in [0.3, 0.4) is 0 Å². The van der Waals surface area contributed by atoms with Gasteiger partial charge in [0.15, 0.2) is 6.61 Å². The van der Waals surface area contributed by atoms with E-state index < -0.39 is 11.5 Å². The second-order valence-electron chi connectivity index (χ2n) is 6.40. The summed E-state index contributed by atoms with van der Waals surface area (Å²) in [5.74, 6) is -1.02. The summed E-state index contributed by atoms with van der Waals surface area (Å²) in [6.07, 6.45) is 0. The van der Waals surface area contributed by atoms with Crippen LogP contribution in [0.15, 0.2) is 59.4 Å². The molecule has 0 spiro atoms. The number of likely N-dealkylation sites (N-methyl/N-ethyl adjacent to an activating group) is 1. The largest absolute Gasteiger partial charge is 0.452 e. The molecule has 6 heteroatoms. The highest BCUT2D eigenvalue weighted by Gasteiger charge is 2.16. The van der Waals surface area contributed by atoms with Crippen LogP contribution in [0.4, 0.5) is 0 Å². The van der Waals surface area contributed by atoms with Crippen LogP contribution in [0.1, 0.15) is 21.5 Å². The molecule has 2 aromatic carbocycles. The van der Waals surface area contributed by atoms with E-state index in [1.807, 2.05) is 31.2 Å². The average Bonchev–Trinajstić information content (AvgIpc) is 2.66. The van der Waals surface area contributed by atoms with E-state index in [4.69, 9.17) is 4.74 Å². The van der Waals surface area contributed by atoms with Crippen LogP contribution in [-0.2, 0) is 16.1 Å². The van der Waals surface area contributed by atoms with Crippen molar-refractivity contribution in [2.45, 2.75) is 13.5 Å². The third-order valence-corrected chi connectivity index (χ3v) is 4.26. The first-order valence-electron chi connectivity index (χ1n) is 8.53. The normalized spacial score (nSPS) is 10.6. The molecule has 1 heterocycles. The summed E-state index contributed by atoms with van der Waals surface area (Å²) in [6.45, 7) is 2.03. The lowest BCUT2D eigenvalue weighted by atomic mass is 10.1. The zero-order valence-electron chi connectivity index (χ0n) is 15.2. The molecule has 0 aliphatic carbocycles. The van der Waals surface area contributed by atoms with Gasteiger partial charge in [-0.05, 0) is 18.6 Å². The summed E-state index contributed by atoms with van der Waals surface area (Å²) in [5.41, 5.74) is 2.42. The number of nitrogens with one attached hydrogen (secondary N) is 1. The number of rotatable bonds is 5. The summed E-state index contributed by atoms with van der Waals surface area (Å²) in [7, 11) is 1.65. The van der Waals surface area contributed by atoms with E-state index in [0.29, 0.717) is 17.4 Å². The second kappa shape index (κ2) is 7.86. The molecule has 0 unspecified atom stereocenters. The number of aromatic amines is 1. The van der Waals surface area contributed by atoms with Gasteiger partial charge in [-0.25, -0.2) is 4.79 Å². The Bertz CT molecular complexity index is 1040. The van der Waals surface area contributed by atoms with E-state index in [1.54, 1.807) is 31.3 Å². The molecule has 138 valence electrons. The van der Waals surface area contributed by atoms with Gasteiger partial charge in [0, 0.05) is 30.6 Å². The Labute approximate surface area is 156 Å². The highest BCUT2D eigenvalue weighted by molar-refractivity contribution is 6.03. The number of amides is 1. The number of para-hydroxylation sites is 1. The number of ether oxygens (including phenoxy) is 1. The van der Waals surface area contributed by atoms with Gasteiger partial charge in [0.05, 0.1) is 5.56 Å². The predicted octanol–water partition coefficient (Wildman–Crippen LogP) is 2.65. The molecule has 0 radical (unpaired) electrons. The van der Waals surface area contributed by atoms with Gasteiger partial charge in [-0.3, -0.25) is 9.59 Å². The van der Waals surface area contributed by atoms with Crippen molar-refractivity contribution in [2.75, 3.05) is 13.7 Å². The number of pyridine rings is 1. The fraction of sp³-hybridized carbons (Fsp3) is 0.190. The standard InChI is InChI=1S/C21H20N2O4/c1-14-7-9-15(10-8-14)12-23(2)20(25)13-27-21(26)17-11-19(24)22-18-6-4-3-5-16(17)18/h3-11H,12-13H2,1-2H3,(H,22,24). The number of nitrogens with zero attached hydrogens (tertiary/aromatic N) is 1. The molecule has 6 nitrogen and oxygen atoms in total. The molecule has 0 saturated carbocycles. The number of esters is 1. The number of benzene rings is 2. The first kappa shape index (κ1) is 18.4. The van der Waals surface area contributed by atoms with Gasteiger partial charge in [-0.15, -0.1) is 0 Å². The fourth-order valence-electron chi connectivity index (χ4n) is 2.74. The van der Waals surface area contributed by atoms with Gasteiger partial charge in [0.2, 0.25) is 5.56 Å². The Balaban J connectivity index is 1.66. The Morgan fingerprint density at radius 2 is 1.78 bits per heavy atom. The number of hydrogen-bond acceptors (Lipinski definition) is 4. The quantitative estimate of drug-likeness (QED) is 0.706. The third kappa shape index (κ3) is 4.41. The topological polar surface area (TPSA) is 79.5 Å². The zero-order chi connectivity index (χ0) is 19.4. The Morgan fingerprint density at radius 1 is 1.07 bits per heavy atom. The number of aryl methyl sites for hydroxylation is 1. The highest BCUT2D eigenvalue weighted by atomic mass is 16.5. The first-order chi connectivity index (χ1) is 12.9. The molecule has 0 saturated heterocycles. The smallest absolute Gasteiger partial charge is 0.339 e. The lowest BCUT2D eigenvalue weighted by Crippen LogP contribution is -2.31. The van der Waals surface area contributed by atoms with E-state index in [9.17, 15) is 14.4 Å². The SMILES string of the molecule is Cc1ccc(CN(C)C(=O)COC(=O)c2cc(=O)[nH]c3ccccc23)cc1. The van der Waals surface area contributed by atoms with Crippen LogP contribution >= 0.6 is 0 Å². The first-order valence-corrected chi connectivity index (χ1v) is 8.53. The number of aromatic nitrogens is 1. The van der Waals surface area contributed by atoms with Crippen LogP contribution in [0.5, 0.6) is 0 Å². The van der Waals surface area contributed by atoms with Crippen molar-refractivity contribution in [1.29, 1.82) is 0 Å². The van der Waals surface area contributed by atoms with E-state index in [2.05, 4.69) is 4.98 Å². The van der Waals surface area contributed by atoms with E-state index >= 15 is 0 Å². The van der Waals surface area contributed by atoms with Crippen molar-refractivity contribution in [3.63, 3.8) is 0 Å².